The number of oxime groups is 1. The lowest BCUT2D eigenvalue weighted by Crippen LogP contribution is -2.50. The lowest BCUT2D eigenvalue weighted by Gasteiger charge is -2.39. The van der Waals surface area contributed by atoms with Crippen LogP contribution in [-0.2, 0) is 10.3 Å². The van der Waals surface area contributed by atoms with Crippen LogP contribution in [0.5, 0.6) is 11.5 Å². The van der Waals surface area contributed by atoms with E-state index in [9.17, 15) is 10.2 Å². The molecule has 0 radical (unpaired) electrons. The van der Waals surface area contributed by atoms with E-state index in [1.165, 1.54) is 12.1 Å². The van der Waals surface area contributed by atoms with Gasteiger partial charge in [0.15, 0.2) is 0 Å². The summed E-state index contributed by atoms with van der Waals surface area (Å²) in [6, 6.07) is 4.50. The molecule has 3 N–H and O–H groups in total. The minimum absolute atomic E-state index is 0.0902. The zero-order valence-electron chi connectivity index (χ0n) is 12.9. The molecule has 1 aliphatic rings. The van der Waals surface area contributed by atoms with E-state index in [0.717, 1.165) is 31.4 Å². The molecule has 6 heteroatoms. The molecular weight excluding hydrogens is 300 g/mol. The van der Waals surface area contributed by atoms with Crippen LogP contribution in [0, 0.1) is 0 Å². The summed E-state index contributed by atoms with van der Waals surface area (Å²) in [5.74, 6) is 0.189. The van der Waals surface area contributed by atoms with Gasteiger partial charge >= 0.3 is 0 Å². The van der Waals surface area contributed by atoms with E-state index in [-0.39, 0.29) is 11.5 Å². The van der Waals surface area contributed by atoms with Crippen LogP contribution in [0.4, 0.5) is 0 Å². The Balaban J connectivity index is 2.65. The van der Waals surface area contributed by atoms with Gasteiger partial charge in [0, 0.05) is 12.6 Å². The third-order valence-corrected chi connectivity index (χ3v) is 4.62. The summed E-state index contributed by atoms with van der Waals surface area (Å²) in [4.78, 5) is 5.85. The van der Waals surface area contributed by atoms with Gasteiger partial charge in [0.2, 0.25) is 0 Å². The monoisotopic (exact) mass is 322 g/mol. The number of nitrogens with zero attached hydrogens (tertiary/aromatic N) is 1. The predicted octanol–water partition coefficient (Wildman–Crippen LogP) is 2.85. The molecule has 1 aliphatic carbocycles. The Bertz CT molecular complexity index is 589. The fourth-order valence-corrected chi connectivity index (χ4v) is 3.37. The quantitative estimate of drug-likeness (QED) is 0.451. The smallest absolute Gasteiger partial charge is 0.120 e. The Morgan fingerprint density at radius 1 is 1.41 bits per heavy atom. The standard InChI is InChI=1S/C16H22N2O3S/c1-3-21-18-14-6-4-5-9-16(14,15(22)17-2)12-10-11(19)7-8-13(12)20/h7-8,10,19-20H,3-6,9H2,1-2H3,(H,17,22). The van der Waals surface area contributed by atoms with Crippen molar-refractivity contribution in [2.24, 2.45) is 5.16 Å². The summed E-state index contributed by atoms with van der Waals surface area (Å²) in [5, 5.41) is 27.5. The van der Waals surface area contributed by atoms with Crippen molar-refractivity contribution in [1.82, 2.24) is 5.32 Å². The van der Waals surface area contributed by atoms with Crippen molar-refractivity contribution in [3.63, 3.8) is 0 Å². The number of hydrogen-bond acceptors (Lipinski definition) is 5. The molecule has 0 amide bonds. The number of rotatable bonds is 4. The normalized spacial score (nSPS) is 23.3. The molecule has 0 heterocycles. The molecule has 1 aromatic carbocycles. The van der Waals surface area contributed by atoms with Crippen LogP contribution in [-0.4, -0.2) is 34.6 Å². The molecule has 5 nitrogen and oxygen atoms in total. The molecule has 1 saturated carbocycles. The van der Waals surface area contributed by atoms with E-state index in [4.69, 9.17) is 17.1 Å². The molecule has 0 saturated heterocycles. The lowest BCUT2D eigenvalue weighted by atomic mass is 9.67. The summed E-state index contributed by atoms with van der Waals surface area (Å²) >= 11 is 5.56. The van der Waals surface area contributed by atoms with Gasteiger partial charge in [0.05, 0.1) is 16.1 Å². The minimum atomic E-state index is -0.736. The topological polar surface area (TPSA) is 74.1 Å². The van der Waals surface area contributed by atoms with Gasteiger partial charge in [0.1, 0.15) is 18.1 Å². The van der Waals surface area contributed by atoms with E-state index in [1.807, 2.05) is 6.92 Å². The third-order valence-electron chi connectivity index (χ3n) is 4.07. The highest BCUT2D eigenvalue weighted by molar-refractivity contribution is 7.80. The fourth-order valence-electron chi connectivity index (χ4n) is 3.04. The van der Waals surface area contributed by atoms with E-state index in [1.54, 1.807) is 13.1 Å². The third kappa shape index (κ3) is 2.88. The molecule has 0 aromatic heterocycles. The van der Waals surface area contributed by atoms with Crippen LogP contribution >= 0.6 is 12.2 Å². The zero-order valence-corrected chi connectivity index (χ0v) is 13.7. The van der Waals surface area contributed by atoms with E-state index >= 15 is 0 Å². The first-order valence-electron chi connectivity index (χ1n) is 7.50. The van der Waals surface area contributed by atoms with Crippen molar-refractivity contribution < 1.29 is 15.1 Å². The van der Waals surface area contributed by atoms with E-state index in [0.29, 0.717) is 17.2 Å². The predicted molar refractivity (Wildman–Crippen MR) is 90.6 cm³/mol. The molecule has 0 aliphatic heterocycles. The highest BCUT2D eigenvalue weighted by atomic mass is 32.1. The van der Waals surface area contributed by atoms with Gasteiger partial charge in [0.25, 0.3) is 0 Å². The number of phenols is 2. The van der Waals surface area contributed by atoms with Crippen molar-refractivity contribution in [3.8, 4) is 11.5 Å². The van der Waals surface area contributed by atoms with Gasteiger partial charge < -0.3 is 20.4 Å². The highest BCUT2D eigenvalue weighted by Gasteiger charge is 2.45. The van der Waals surface area contributed by atoms with Gasteiger partial charge in [-0.1, -0.05) is 23.8 Å². The Hall–Kier alpha value is -1.82. The molecule has 1 fully saturated rings. The van der Waals surface area contributed by atoms with Crippen molar-refractivity contribution in [1.29, 1.82) is 0 Å². The molecule has 1 aromatic rings. The highest BCUT2D eigenvalue weighted by Crippen LogP contribution is 2.43. The number of thiocarbonyl (C=S) groups is 1. The Morgan fingerprint density at radius 3 is 2.86 bits per heavy atom. The van der Waals surface area contributed by atoms with Gasteiger partial charge in [-0.3, -0.25) is 0 Å². The summed E-state index contributed by atoms with van der Waals surface area (Å²) in [6.45, 7) is 2.34. The van der Waals surface area contributed by atoms with Crippen molar-refractivity contribution >= 4 is 22.9 Å². The van der Waals surface area contributed by atoms with Crippen molar-refractivity contribution in [2.45, 2.75) is 38.0 Å². The summed E-state index contributed by atoms with van der Waals surface area (Å²) in [6.07, 6.45) is 3.42. The summed E-state index contributed by atoms with van der Waals surface area (Å²) < 4.78 is 0. The number of nitrogens with one attached hydrogen (secondary N) is 1. The van der Waals surface area contributed by atoms with Crippen LogP contribution in [0.3, 0.4) is 0 Å². The first-order valence-corrected chi connectivity index (χ1v) is 7.91. The lowest BCUT2D eigenvalue weighted by molar-refractivity contribution is 0.155. The van der Waals surface area contributed by atoms with Crippen LogP contribution < -0.4 is 5.32 Å². The van der Waals surface area contributed by atoms with Crippen LogP contribution in [0.1, 0.15) is 38.2 Å². The molecule has 22 heavy (non-hydrogen) atoms. The van der Waals surface area contributed by atoms with Gasteiger partial charge in [-0.2, -0.15) is 0 Å². The average Bonchev–Trinajstić information content (AvgIpc) is 2.54. The Morgan fingerprint density at radius 2 is 2.18 bits per heavy atom. The summed E-state index contributed by atoms with van der Waals surface area (Å²) in [7, 11) is 1.76. The van der Waals surface area contributed by atoms with Gasteiger partial charge in [-0.25, -0.2) is 0 Å². The number of hydrogen-bond donors (Lipinski definition) is 3. The van der Waals surface area contributed by atoms with Crippen LogP contribution in [0.2, 0.25) is 0 Å². The van der Waals surface area contributed by atoms with Gasteiger partial charge in [-0.05, 0) is 44.4 Å². The second kappa shape index (κ2) is 6.96. The number of phenolic OH excluding ortho intramolecular Hbond substituents is 2. The van der Waals surface area contributed by atoms with Crippen molar-refractivity contribution in [3.05, 3.63) is 23.8 Å². The first-order chi connectivity index (χ1) is 10.6. The average molecular weight is 322 g/mol. The number of benzene rings is 1. The minimum Gasteiger partial charge on any atom is -0.508 e. The van der Waals surface area contributed by atoms with E-state index in [2.05, 4.69) is 10.5 Å². The Kier molecular flexibility index (Phi) is 5.24. The largest absolute Gasteiger partial charge is 0.508 e. The molecule has 2 rings (SSSR count). The fraction of sp³-hybridized carbons (Fsp3) is 0.500. The molecular formula is C16H22N2O3S. The molecule has 1 atom stereocenters. The molecule has 0 bridgehead atoms. The second-order valence-electron chi connectivity index (χ2n) is 5.35. The molecule has 120 valence electrons. The summed E-state index contributed by atoms with van der Waals surface area (Å²) in [5.41, 5.74) is 0.631. The van der Waals surface area contributed by atoms with E-state index < -0.39 is 5.41 Å². The SMILES string of the molecule is CCON=C1CCCCC1(C(=S)NC)c1cc(O)ccc1O. The zero-order chi connectivity index (χ0) is 16.2. The maximum atomic E-state index is 10.3. The van der Waals surface area contributed by atoms with Crippen molar-refractivity contribution in [2.75, 3.05) is 13.7 Å². The van der Waals surface area contributed by atoms with Crippen LogP contribution in [0.15, 0.2) is 23.4 Å². The Labute approximate surface area is 136 Å². The number of likely N-dealkylation sites (N-methyl/N-ethyl adjacent to an activating group) is 1. The number of aromatic hydroxyl groups is 2. The molecule has 0 spiro atoms. The maximum absolute atomic E-state index is 10.3. The van der Waals surface area contributed by atoms with Crippen LogP contribution in [0.25, 0.3) is 0 Å². The second-order valence-corrected chi connectivity index (χ2v) is 5.76. The van der Waals surface area contributed by atoms with Gasteiger partial charge in [-0.15, -0.1) is 0 Å². The first kappa shape index (κ1) is 16.5. The maximum Gasteiger partial charge on any atom is 0.120 e. The molecule has 1 unspecified atom stereocenters.